The normalized spacial score (nSPS) is 30.1. The van der Waals surface area contributed by atoms with Crippen molar-refractivity contribution in [3.05, 3.63) is 0 Å². The molecule has 2 heterocycles. The Morgan fingerprint density at radius 2 is 1.85 bits per heavy atom. The fourth-order valence-electron chi connectivity index (χ4n) is 2.82. The Morgan fingerprint density at radius 1 is 1.15 bits per heavy atom. The second-order valence-corrected chi connectivity index (χ2v) is 5.19. The highest BCUT2D eigenvalue weighted by Gasteiger charge is 2.40. The van der Waals surface area contributed by atoms with Gasteiger partial charge in [-0.1, -0.05) is 0 Å². The fourth-order valence-corrected chi connectivity index (χ4v) is 2.82. The number of piperidine rings is 1. The van der Waals surface area contributed by atoms with Crippen molar-refractivity contribution in [3.8, 4) is 0 Å². The molecule has 0 aromatic carbocycles. The minimum Gasteiger partial charge on any atom is -0.479 e. The number of carboxylic acids is 1. The van der Waals surface area contributed by atoms with Gasteiger partial charge in [-0.25, -0.2) is 4.79 Å². The summed E-state index contributed by atoms with van der Waals surface area (Å²) in [6.07, 6.45) is 1.49. The zero-order valence-electron chi connectivity index (χ0n) is 11.5. The number of hydrogen-bond donors (Lipinski definition) is 2. The summed E-state index contributed by atoms with van der Waals surface area (Å²) in [4.78, 5) is 36.6. The van der Waals surface area contributed by atoms with E-state index in [-0.39, 0.29) is 11.8 Å². The van der Waals surface area contributed by atoms with Gasteiger partial charge in [-0.3, -0.25) is 9.59 Å². The number of likely N-dealkylation sites (tertiary alicyclic amines) is 1. The monoisotopic (exact) mass is 284 g/mol. The third-order valence-corrected chi connectivity index (χ3v) is 3.91. The number of likely N-dealkylation sites (N-methyl/N-ethyl adjacent to an activating group) is 1. The van der Waals surface area contributed by atoms with Crippen molar-refractivity contribution in [2.75, 3.05) is 13.6 Å². The first-order valence-electron chi connectivity index (χ1n) is 6.95. The lowest BCUT2D eigenvalue weighted by molar-refractivity contribution is -0.158. The maximum atomic E-state index is 12.4. The van der Waals surface area contributed by atoms with Crippen molar-refractivity contribution in [2.24, 2.45) is 0 Å². The first-order valence-corrected chi connectivity index (χ1v) is 6.95. The summed E-state index contributed by atoms with van der Waals surface area (Å²) in [5, 5.41) is 11.5. The molecule has 20 heavy (non-hydrogen) atoms. The third-order valence-electron chi connectivity index (χ3n) is 3.91. The predicted octanol–water partition coefficient (Wildman–Crippen LogP) is -0.254. The number of carboxylic acid groups (broad SMARTS) is 1. The first-order chi connectivity index (χ1) is 9.54. The zero-order valence-corrected chi connectivity index (χ0v) is 11.5. The molecule has 0 bridgehead atoms. The molecule has 2 N–H and O–H groups in total. The van der Waals surface area contributed by atoms with Crippen LogP contribution in [0.15, 0.2) is 0 Å². The number of hydrogen-bond acceptors (Lipinski definition) is 4. The highest BCUT2D eigenvalue weighted by molar-refractivity contribution is 5.90. The Labute approximate surface area is 117 Å². The molecule has 1 unspecified atom stereocenters. The number of rotatable bonds is 3. The van der Waals surface area contributed by atoms with E-state index in [1.165, 1.54) is 4.90 Å². The second kappa shape index (κ2) is 6.21. The molecule has 7 heteroatoms. The summed E-state index contributed by atoms with van der Waals surface area (Å²) in [7, 11) is 1.55. The van der Waals surface area contributed by atoms with Crippen molar-refractivity contribution >= 4 is 17.8 Å². The number of aliphatic carboxylic acids is 1. The van der Waals surface area contributed by atoms with Crippen LogP contribution < -0.4 is 5.32 Å². The maximum absolute atomic E-state index is 12.4. The maximum Gasteiger partial charge on any atom is 0.332 e. The van der Waals surface area contributed by atoms with Crippen LogP contribution in [0.3, 0.4) is 0 Å². The van der Waals surface area contributed by atoms with E-state index >= 15 is 0 Å². The van der Waals surface area contributed by atoms with Crippen molar-refractivity contribution in [1.29, 1.82) is 0 Å². The average molecular weight is 284 g/mol. The van der Waals surface area contributed by atoms with Gasteiger partial charge in [0.05, 0.1) is 0 Å². The van der Waals surface area contributed by atoms with Crippen molar-refractivity contribution in [1.82, 2.24) is 10.2 Å². The first kappa shape index (κ1) is 14.8. The van der Waals surface area contributed by atoms with Crippen LogP contribution in [0.2, 0.25) is 0 Å². The Kier molecular flexibility index (Phi) is 4.59. The molecular weight excluding hydrogens is 264 g/mol. The molecule has 0 aliphatic carbocycles. The number of carbonyl (C=O) groups is 3. The molecule has 112 valence electrons. The largest absolute Gasteiger partial charge is 0.479 e. The van der Waals surface area contributed by atoms with Gasteiger partial charge in [-0.05, 0) is 32.1 Å². The minimum absolute atomic E-state index is 0.175. The summed E-state index contributed by atoms with van der Waals surface area (Å²) in [6.45, 7) is 0.522. The van der Waals surface area contributed by atoms with Crippen LogP contribution in [-0.4, -0.2) is 59.6 Å². The van der Waals surface area contributed by atoms with Crippen LogP contribution in [-0.2, 0) is 19.1 Å². The number of nitrogens with one attached hydrogen (secondary N) is 1. The highest BCUT2D eigenvalue weighted by Crippen LogP contribution is 2.25. The smallest absolute Gasteiger partial charge is 0.332 e. The number of amides is 2. The van der Waals surface area contributed by atoms with Crippen molar-refractivity contribution < 1.29 is 24.2 Å². The van der Waals surface area contributed by atoms with E-state index in [1.54, 1.807) is 7.05 Å². The van der Waals surface area contributed by atoms with Crippen LogP contribution >= 0.6 is 0 Å². The number of ether oxygens (including phenoxy) is 1. The molecule has 2 aliphatic heterocycles. The fraction of sp³-hybridized carbons (Fsp3) is 0.769. The zero-order chi connectivity index (χ0) is 14.7. The highest BCUT2D eigenvalue weighted by atomic mass is 16.5. The van der Waals surface area contributed by atoms with Crippen LogP contribution in [0.25, 0.3) is 0 Å². The van der Waals surface area contributed by atoms with Crippen LogP contribution in [0, 0.1) is 0 Å². The van der Waals surface area contributed by atoms with Gasteiger partial charge in [0.1, 0.15) is 12.1 Å². The molecular formula is C13H20N2O5. The number of carbonyl (C=O) groups excluding carboxylic acids is 2. The summed E-state index contributed by atoms with van der Waals surface area (Å²) < 4.78 is 5.28. The lowest BCUT2D eigenvalue weighted by atomic mass is 10.00. The SMILES string of the molecule is CNC(=O)C1CCCCN1C(=O)[C@@H]1CC[C@H](C(=O)O)O1. The number of nitrogens with zero attached hydrogens (tertiary/aromatic N) is 1. The van der Waals surface area contributed by atoms with Gasteiger partial charge in [-0.15, -0.1) is 0 Å². The summed E-state index contributed by atoms with van der Waals surface area (Å²) in [5.74, 6) is -1.48. The molecule has 0 saturated carbocycles. The Morgan fingerprint density at radius 3 is 2.45 bits per heavy atom. The summed E-state index contributed by atoms with van der Waals surface area (Å²) >= 11 is 0. The Hall–Kier alpha value is -1.63. The molecule has 3 atom stereocenters. The van der Waals surface area contributed by atoms with E-state index in [9.17, 15) is 14.4 Å². The van der Waals surface area contributed by atoms with Gasteiger partial charge in [0, 0.05) is 13.6 Å². The average Bonchev–Trinajstić information content (AvgIpc) is 2.95. The van der Waals surface area contributed by atoms with E-state index in [4.69, 9.17) is 9.84 Å². The van der Waals surface area contributed by atoms with E-state index in [1.807, 2.05) is 0 Å². The Bertz CT molecular complexity index is 412. The molecule has 2 aliphatic rings. The van der Waals surface area contributed by atoms with E-state index < -0.39 is 24.2 Å². The standard InChI is InChI=1S/C13H20N2O5/c1-14-11(16)8-4-2-3-7-15(8)12(17)9-5-6-10(20-9)13(18)19/h8-10H,2-7H2,1H3,(H,14,16)(H,18,19)/t8?,9-,10+/m0/s1. The van der Waals surface area contributed by atoms with Gasteiger partial charge in [-0.2, -0.15) is 0 Å². The van der Waals surface area contributed by atoms with E-state index in [0.717, 1.165) is 12.8 Å². The summed E-state index contributed by atoms with van der Waals surface area (Å²) in [5.41, 5.74) is 0. The molecule has 2 fully saturated rings. The second-order valence-electron chi connectivity index (χ2n) is 5.19. The third kappa shape index (κ3) is 2.92. The lowest BCUT2D eigenvalue weighted by Crippen LogP contribution is -2.54. The lowest BCUT2D eigenvalue weighted by Gasteiger charge is -2.35. The molecule has 2 rings (SSSR count). The van der Waals surface area contributed by atoms with Gasteiger partial charge in [0.2, 0.25) is 5.91 Å². The predicted molar refractivity (Wildman–Crippen MR) is 68.9 cm³/mol. The van der Waals surface area contributed by atoms with Gasteiger partial charge >= 0.3 is 5.97 Å². The molecule has 7 nitrogen and oxygen atoms in total. The Balaban J connectivity index is 2.03. The van der Waals surface area contributed by atoms with Crippen LogP contribution in [0.1, 0.15) is 32.1 Å². The summed E-state index contributed by atoms with van der Waals surface area (Å²) in [6, 6.07) is -0.464. The molecule has 0 aromatic rings. The molecule has 2 amide bonds. The van der Waals surface area contributed by atoms with Crippen LogP contribution in [0.4, 0.5) is 0 Å². The van der Waals surface area contributed by atoms with Gasteiger partial charge < -0.3 is 20.1 Å². The van der Waals surface area contributed by atoms with Crippen molar-refractivity contribution in [3.63, 3.8) is 0 Å². The quantitative estimate of drug-likeness (QED) is 0.745. The molecule has 2 saturated heterocycles. The topological polar surface area (TPSA) is 95.9 Å². The van der Waals surface area contributed by atoms with E-state index in [2.05, 4.69) is 5.32 Å². The van der Waals surface area contributed by atoms with Crippen LogP contribution in [0.5, 0.6) is 0 Å². The van der Waals surface area contributed by atoms with Gasteiger partial charge in [0.15, 0.2) is 6.10 Å². The molecule has 0 spiro atoms. The van der Waals surface area contributed by atoms with Gasteiger partial charge in [0.25, 0.3) is 5.91 Å². The molecule has 0 radical (unpaired) electrons. The minimum atomic E-state index is -1.04. The molecule has 0 aromatic heterocycles. The van der Waals surface area contributed by atoms with Crippen molar-refractivity contribution in [2.45, 2.75) is 50.4 Å². The van der Waals surface area contributed by atoms with E-state index in [0.29, 0.717) is 25.8 Å².